The van der Waals surface area contributed by atoms with Gasteiger partial charge in [0.25, 0.3) is 0 Å². The summed E-state index contributed by atoms with van der Waals surface area (Å²) in [5.74, 6) is 0. The highest BCUT2D eigenvalue weighted by Crippen LogP contribution is 2.02. The van der Waals surface area contributed by atoms with E-state index >= 15 is 0 Å². The van der Waals surface area contributed by atoms with Crippen molar-refractivity contribution < 1.29 is 0 Å². The Morgan fingerprint density at radius 3 is 2.64 bits per heavy atom. The average molecular weight is 196 g/mol. The molecule has 0 saturated carbocycles. The van der Waals surface area contributed by atoms with Gasteiger partial charge in [0.05, 0.1) is 18.4 Å². The maximum atomic E-state index is 4.26. The van der Waals surface area contributed by atoms with E-state index in [0.717, 1.165) is 31.9 Å². The van der Waals surface area contributed by atoms with E-state index in [4.69, 9.17) is 0 Å². The minimum absolute atomic E-state index is 0.962. The molecule has 4 nitrogen and oxygen atoms in total. The van der Waals surface area contributed by atoms with Crippen LogP contribution in [0.25, 0.3) is 0 Å². The Bertz CT molecular complexity index is 252. The summed E-state index contributed by atoms with van der Waals surface area (Å²) >= 11 is 0. The number of nitrogens with one attached hydrogen (secondary N) is 1. The van der Waals surface area contributed by atoms with Gasteiger partial charge >= 0.3 is 0 Å². The molecule has 1 rings (SSSR count). The molecular formula is C10H20N4. The van der Waals surface area contributed by atoms with Gasteiger partial charge in [0, 0.05) is 19.8 Å². The van der Waals surface area contributed by atoms with E-state index in [1.54, 1.807) is 0 Å². The molecule has 0 bridgehead atoms. The van der Waals surface area contributed by atoms with Crippen LogP contribution in [0.15, 0.2) is 12.4 Å². The molecule has 0 aliphatic heterocycles. The maximum Gasteiger partial charge on any atom is 0.0723 e. The highest BCUT2D eigenvalue weighted by Gasteiger charge is 2.00. The first-order valence-electron chi connectivity index (χ1n) is 5.22. The fourth-order valence-electron chi connectivity index (χ4n) is 1.40. The molecule has 1 aromatic heterocycles. The summed E-state index contributed by atoms with van der Waals surface area (Å²) in [4.78, 5) is 2.39. The van der Waals surface area contributed by atoms with Crippen LogP contribution in [0.1, 0.15) is 13.8 Å². The van der Waals surface area contributed by atoms with Crippen molar-refractivity contribution in [2.75, 3.05) is 32.0 Å². The molecule has 80 valence electrons. The Morgan fingerprint density at radius 1 is 1.43 bits per heavy atom. The molecule has 0 radical (unpaired) electrons. The first kappa shape index (κ1) is 11.0. The Kier molecular flexibility index (Phi) is 4.46. The van der Waals surface area contributed by atoms with Crippen LogP contribution < -0.4 is 5.32 Å². The molecular weight excluding hydrogens is 176 g/mol. The monoisotopic (exact) mass is 196 g/mol. The molecule has 4 heteroatoms. The third-order valence-corrected chi connectivity index (χ3v) is 2.46. The number of hydrogen-bond acceptors (Lipinski definition) is 3. The standard InChI is InChI=1S/C10H20N4/c1-4-13(5-2)6-7-14-9-10(11-3)8-12-14/h8-9,11H,4-7H2,1-3H3. The highest BCUT2D eigenvalue weighted by atomic mass is 15.3. The van der Waals surface area contributed by atoms with Gasteiger partial charge in [0.1, 0.15) is 0 Å². The number of hydrogen-bond donors (Lipinski definition) is 1. The Morgan fingerprint density at radius 2 is 2.14 bits per heavy atom. The van der Waals surface area contributed by atoms with Crippen LogP contribution in [0, 0.1) is 0 Å². The molecule has 0 saturated heterocycles. The van der Waals surface area contributed by atoms with Gasteiger partial charge in [-0.2, -0.15) is 5.10 Å². The first-order chi connectivity index (χ1) is 6.80. The third-order valence-electron chi connectivity index (χ3n) is 2.46. The number of likely N-dealkylation sites (N-methyl/N-ethyl adjacent to an activating group) is 1. The summed E-state index contributed by atoms with van der Waals surface area (Å²) in [6, 6.07) is 0. The number of rotatable bonds is 6. The van der Waals surface area contributed by atoms with Gasteiger partial charge in [0.15, 0.2) is 0 Å². The van der Waals surface area contributed by atoms with Gasteiger partial charge in [-0.1, -0.05) is 13.8 Å². The fourth-order valence-corrected chi connectivity index (χ4v) is 1.40. The van der Waals surface area contributed by atoms with Crippen LogP contribution in [0.3, 0.4) is 0 Å². The second-order valence-electron chi connectivity index (χ2n) is 3.27. The molecule has 1 heterocycles. The summed E-state index contributed by atoms with van der Waals surface area (Å²) in [6.07, 6.45) is 3.88. The molecule has 1 N–H and O–H groups in total. The zero-order chi connectivity index (χ0) is 10.4. The van der Waals surface area contributed by atoms with E-state index in [1.165, 1.54) is 0 Å². The van der Waals surface area contributed by atoms with E-state index in [-0.39, 0.29) is 0 Å². The molecule has 0 aliphatic rings. The molecule has 0 spiro atoms. The lowest BCUT2D eigenvalue weighted by Gasteiger charge is -2.17. The van der Waals surface area contributed by atoms with Gasteiger partial charge in [-0.25, -0.2) is 0 Å². The van der Waals surface area contributed by atoms with Crippen LogP contribution in [-0.4, -0.2) is 41.4 Å². The Labute approximate surface area is 85.9 Å². The van der Waals surface area contributed by atoms with Crippen LogP contribution in [-0.2, 0) is 6.54 Å². The summed E-state index contributed by atoms with van der Waals surface area (Å²) in [6.45, 7) is 8.62. The summed E-state index contributed by atoms with van der Waals surface area (Å²) < 4.78 is 1.98. The lowest BCUT2D eigenvalue weighted by atomic mass is 10.4. The van der Waals surface area contributed by atoms with E-state index in [9.17, 15) is 0 Å². The van der Waals surface area contributed by atoms with Gasteiger partial charge in [-0.15, -0.1) is 0 Å². The molecule has 0 atom stereocenters. The zero-order valence-electron chi connectivity index (χ0n) is 9.32. The lowest BCUT2D eigenvalue weighted by molar-refractivity contribution is 0.285. The fraction of sp³-hybridized carbons (Fsp3) is 0.700. The minimum Gasteiger partial charge on any atom is -0.386 e. The molecule has 0 aliphatic carbocycles. The van der Waals surface area contributed by atoms with Gasteiger partial charge < -0.3 is 10.2 Å². The molecule has 0 amide bonds. The average Bonchev–Trinajstić information content (AvgIpc) is 2.67. The Balaban J connectivity index is 2.37. The van der Waals surface area contributed by atoms with Crippen LogP contribution in [0.5, 0.6) is 0 Å². The SMILES string of the molecule is CCN(CC)CCn1cc(NC)cn1. The van der Waals surface area contributed by atoms with E-state index in [0.29, 0.717) is 0 Å². The molecule has 0 fully saturated rings. The van der Waals surface area contributed by atoms with Crippen LogP contribution >= 0.6 is 0 Å². The van der Waals surface area contributed by atoms with Crippen LogP contribution in [0.2, 0.25) is 0 Å². The van der Waals surface area contributed by atoms with Crippen molar-refractivity contribution in [3.05, 3.63) is 12.4 Å². The van der Waals surface area contributed by atoms with Gasteiger partial charge in [0.2, 0.25) is 0 Å². The van der Waals surface area contributed by atoms with Crippen molar-refractivity contribution in [3.63, 3.8) is 0 Å². The second-order valence-corrected chi connectivity index (χ2v) is 3.27. The van der Waals surface area contributed by atoms with Gasteiger partial charge in [-0.05, 0) is 13.1 Å². The van der Waals surface area contributed by atoms with Crippen molar-refractivity contribution in [1.82, 2.24) is 14.7 Å². The van der Waals surface area contributed by atoms with Crippen molar-refractivity contribution >= 4 is 5.69 Å². The van der Waals surface area contributed by atoms with Gasteiger partial charge in [-0.3, -0.25) is 4.68 Å². The topological polar surface area (TPSA) is 33.1 Å². The third kappa shape index (κ3) is 3.03. The molecule has 1 aromatic rings. The molecule has 14 heavy (non-hydrogen) atoms. The van der Waals surface area contributed by atoms with Crippen molar-refractivity contribution in [2.45, 2.75) is 20.4 Å². The predicted molar refractivity (Wildman–Crippen MR) is 59.6 cm³/mol. The van der Waals surface area contributed by atoms with E-state index < -0.39 is 0 Å². The van der Waals surface area contributed by atoms with Crippen molar-refractivity contribution in [3.8, 4) is 0 Å². The quantitative estimate of drug-likeness (QED) is 0.743. The minimum atomic E-state index is 0.962. The molecule has 0 unspecified atom stereocenters. The Hall–Kier alpha value is -1.03. The summed E-state index contributed by atoms with van der Waals surface area (Å²) in [5.41, 5.74) is 1.07. The van der Waals surface area contributed by atoms with Crippen LogP contribution in [0.4, 0.5) is 5.69 Å². The van der Waals surface area contributed by atoms with E-state index in [2.05, 4.69) is 29.2 Å². The summed E-state index contributed by atoms with van der Waals surface area (Å²) in [5, 5.41) is 7.32. The van der Waals surface area contributed by atoms with Crippen molar-refractivity contribution in [1.29, 1.82) is 0 Å². The lowest BCUT2D eigenvalue weighted by Crippen LogP contribution is -2.27. The summed E-state index contributed by atoms with van der Waals surface area (Å²) in [7, 11) is 1.91. The zero-order valence-corrected chi connectivity index (χ0v) is 9.32. The predicted octanol–water partition coefficient (Wildman–Crippen LogP) is 1.27. The van der Waals surface area contributed by atoms with E-state index in [1.807, 2.05) is 24.1 Å². The first-order valence-corrected chi connectivity index (χ1v) is 5.22. The number of anilines is 1. The highest BCUT2D eigenvalue weighted by molar-refractivity contribution is 5.36. The largest absolute Gasteiger partial charge is 0.386 e. The normalized spacial score (nSPS) is 10.9. The maximum absolute atomic E-state index is 4.26. The number of nitrogens with zero attached hydrogens (tertiary/aromatic N) is 3. The number of aromatic nitrogens is 2. The van der Waals surface area contributed by atoms with Crippen molar-refractivity contribution in [2.24, 2.45) is 0 Å². The smallest absolute Gasteiger partial charge is 0.0723 e. The molecule has 0 aromatic carbocycles. The second kappa shape index (κ2) is 5.65.